The molecule has 0 aromatic heterocycles. The molecule has 136 valence electrons. The van der Waals surface area contributed by atoms with Gasteiger partial charge in [0.1, 0.15) is 0 Å². The van der Waals surface area contributed by atoms with Crippen LogP contribution in [-0.4, -0.2) is 30.5 Å². The molecular weight excluding hydrogens is 298 g/mol. The largest absolute Gasteiger partial charge is 0.389 e. The van der Waals surface area contributed by atoms with Crippen LogP contribution in [0, 0.1) is 17.8 Å². The molecular formula is C21H35NO2. The summed E-state index contributed by atoms with van der Waals surface area (Å²) in [5, 5.41) is 13.7. The summed E-state index contributed by atoms with van der Waals surface area (Å²) in [4.78, 5) is 0. The third-order valence-electron chi connectivity index (χ3n) is 5.42. The summed E-state index contributed by atoms with van der Waals surface area (Å²) < 4.78 is 6.14. The molecule has 1 saturated carbocycles. The third kappa shape index (κ3) is 5.87. The fourth-order valence-electron chi connectivity index (χ4n) is 3.77. The van der Waals surface area contributed by atoms with Crippen LogP contribution in [0.5, 0.6) is 0 Å². The van der Waals surface area contributed by atoms with Crippen molar-refractivity contribution in [3.8, 4) is 0 Å². The maximum Gasteiger partial charge on any atom is 0.0898 e. The summed E-state index contributed by atoms with van der Waals surface area (Å²) in [6, 6.07) is 10.6. The highest BCUT2D eigenvalue weighted by molar-refractivity contribution is 5.17. The van der Waals surface area contributed by atoms with E-state index in [9.17, 15) is 5.11 Å². The lowest BCUT2D eigenvalue weighted by Gasteiger charge is -2.37. The van der Waals surface area contributed by atoms with E-state index in [2.05, 4.69) is 45.1 Å². The minimum Gasteiger partial charge on any atom is -0.389 e. The molecule has 0 heterocycles. The van der Waals surface area contributed by atoms with Crippen LogP contribution in [0.25, 0.3) is 0 Å². The second-order valence-electron chi connectivity index (χ2n) is 7.89. The fourth-order valence-corrected chi connectivity index (χ4v) is 3.77. The topological polar surface area (TPSA) is 41.5 Å². The zero-order valence-electron chi connectivity index (χ0n) is 15.7. The van der Waals surface area contributed by atoms with Gasteiger partial charge in [-0.1, -0.05) is 57.5 Å². The molecule has 0 bridgehead atoms. The number of rotatable bonds is 8. The SMILES string of the molecule is CC(C)[C@H]1CC[C@@H](C)C[C@H]1OC[C@@H](O)CN[C@@H](C)c1ccccc1. The summed E-state index contributed by atoms with van der Waals surface area (Å²) in [5.74, 6) is 2.01. The molecule has 1 fully saturated rings. The monoisotopic (exact) mass is 333 g/mol. The molecule has 1 aromatic carbocycles. The van der Waals surface area contributed by atoms with E-state index in [-0.39, 0.29) is 6.04 Å². The van der Waals surface area contributed by atoms with E-state index in [1.165, 1.54) is 18.4 Å². The van der Waals surface area contributed by atoms with Crippen molar-refractivity contribution < 1.29 is 9.84 Å². The lowest BCUT2D eigenvalue weighted by atomic mass is 9.75. The number of benzene rings is 1. The maximum atomic E-state index is 10.3. The first-order chi connectivity index (χ1) is 11.5. The highest BCUT2D eigenvalue weighted by atomic mass is 16.5. The zero-order chi connectivity index (χ0) is 17.5. The smallest absolute Gasteiger partial charge is 0.0898 e. The van der Waals surface area contributed by atoms with Crippen LogP contribution in [0.1, 0.15) is 58.6 Å². The van der Waals surface area contributed by atoms with Crippen molar-refractivity contribution in [2.24, 2.45) is 17.8 Å². The second kappa shape index (κ2) is 9.55. The van der Waals surface area contributed by atoms with Gasteiger partial charge in [-0.15, -0.1) is 0 Å². The van der Waals surface area contributed by atoms with Gasteiger partial charge in [0.25, 0.3) is 0 Å². The van der Waals surface area contributed by atoms with Crippen molar-refractivity contribution in [3.63, 3.8) is 0 Å². The van der Waals surface area contributed by atoms with Crippen LogP contribution in [0.15, 0.2) is 30.3 Å². The number of hydrogen-bond acceptors (Lipinski definition) is 3. The Kier molecular flexibility index (Phi) is 7.73. The molecule has 0 aliphatic heterocycles. The van der Waals surface area contributed by atoms with Gasteiger partial charge < -0.3 is 15.2 Å². The van der Waals surface area contributed by atoms with Crippen molar-refractivity contribution in [1.82, 2.24) is 5.32 Å². The van der Waals surface area contributed by atoms with Crippen LogP contribution >= 0.6 is 0 Å². The minimum atomic E-state index is -0.457. The molecule has 0 radical (unpaired) electrons. The van der Waals surface area contributed by atoms with E-state index in [1.807, 2.05) is 18.2 Å². The van der Waals surface area contributed by atoms with E-state index < -0.39 is 6.10 Å². The summed E-state index contributed by atoms with van der Waals surface area (Å²) in [5.41, 5.74) is 1.24. The molecule has 5 atom stereocenters. The van der Waals surface area contributed by atoms with E-state index in [4.69, 9.17) is 4.74 Å². The lowest BCUT2D eigenvalue weighted by Crippen LogP contribution is -2.38. The summed E-state index contributed by atoms with van der Waals surface area (Å²) in [7, 11) is 0. The molecule has 3 nitrogen and oxygen atoms in total. The average molecular weight is 334 g/mol. The first-order valence-electron chi connectivity index (χ1n) is 9.55. The highest BCUT2D eigenvalue weighted by Gasteiger charge is 2.31. The van der Waals surface area contributed by atoms with Crippen LogP contribution in [0.3, 0.4) is 0 Å². The van der Waals surface area contributed by atoms with E-state index in [0.29, 0.717) is 31.1 Å². The number of hydrogen-bond donors (Lipinski definition) is 2. The number of aliphatic hydroxyl groups is 1. The number of nitrogens with one attached hydrogen (secondary N) is 1. The molecule has 0 spiro atoms. The molecule has 2 rings (SSSR count). The van der Waals surface area contributed by atoms with Crippen molar-refractivity contribution in [1.29, 1.82) is 0 Å². The Morgan fingerprint density at radius 1 is 1.17 bits per heavy atom. The van der Waals surface area contributed by atoms with Gasteiger partial charge in [0, 0.05) is 12.6 Å². The minimum absolute atomic E-state index is 0.235. The Morgan fingerprint density at radius 3 is 2.54 bits per heavy atom. The average Bonchev–Trinajstić information content (AvgIpc) is 2.58. The van der Waals surface area contributed by atoms with Gasteiger partial charge in [-0.25, -0.2) is 0 Å². The molecule has 24 heavy (non-hydrogen) atoms. The molecule has 1 aromatic rings. The van der Waals surface area contributed by atoms with Gasteiger partial charge in [0.2, 0.25) is 0 Å². The summed E-state index contributed by atoms with van der Waals surface area (Å²) in [6.45, 7) is 10.00. The zero-order valence-corrected chi connectivity index (χ0v) is 15.7. The Bertz CT molecular complexity index is 462. The number of aliphatic hydroxyl groups excluding tert-OH is 1. The first kappa shape index (κ1) is 19.4. The molecule has 0 unspecified atom stereocenters. The predicted molar refractivity (Wildman–Crippen MR) is 99.9 cm³/mol. The quantitative estimate of drug-likeness (QED) is 0.750. The molecule has 0 amide bonds. The highest BCUT2D eigenvalue weighted by Crippen LogP contribution is 2.35. The van der Waals surface area contributed by atoms with Gasteiger partial charge in [-0.3, -0.25) is 0 Å². The molecule has 1 aliphatic carbocycles. The normalized spacial score (nSPS) is 27.2. The summed E-state index contributed by atoms with van der Waals surface area (Å²) in [6.07, 6.45) is 3.53. The molecule has 0 saturated heterocycles. The Morgan fingerprint density at radius 2 is 1.88 bits per heavy atom. The van der Waals surface area contributed by atoms with Gasteiger partial charge in [-0.05, 0) is 43.1 Å². The maximum absolute atomic E-state index is 10.3. The van der Waals surface area contributed by atoms with Gasteiger partial charge >= 0.3 is 0 Å². The van der Waals surface area contributed by atoms with Crippen molar-refractivity contribution >= 4 is 0 Å². The molecule has 3 heteroatoms. The lowest BCUT2D eigenvalue weighted by molar-refractivity contribution is -0.0685. The van der Waals surface area contributed by atoms with Gasteiger partial charge in [0.05, 0.1) is 18.8 Å². The van der Waals surface area contributed by atoms with Crippen LogP contribution < -0.4 is 5.32 Å². The Labute approximate surface area is 147 Å². The van der Waals surface area contributed by atoms with Gasteiger partial charge in [0.15, 0.2) is 0 Å². The molecule has 1 aliphatic rings. The van der Waals surface area contributed by atoms with E-state index >= 15 is 0 Å². The summed E-state index contributed by atoms with van der Waals surface area (Å²) >= 11 is 0. The van der Waals surface area contributed by atoms with Crippen LogP contribution in [0.2, 0.25) is 0 Å². The Hall–Kier alpha value is -0.900. The van der Waals surface area contributed by atoms with Crippen molar-refractivity contribution in [3.05, 3.63) is 35.9 Å². The van der Waals surface area contributed by atoms with Crippen molar-refractivity contribution in [2.75, 3.05) is 13.2 Å². The first-order valence-corrected chi connectivity index (χ1v) is 9.55. The van der Waals surface area contributed by atoms with Gasteiger partial charge in [-0.2, -0.15) is 0 Å². The number of ether oxygens (including phenoxy) is 1. The Balaban J connectivity index is 1.74. The fraction of sp³-hybridized carbons (Fsp3) is 0.714. The molecule has 2 N–H and O–H groups in total. The van der Waals surface area contributed by atoms with E-state index in [1.54, 1.807) is 0 Å². The standard InChI is InChI=1S/C21H35NO2/c1-15(2)20-11-10-16(3)12-21(20)24-14-19(23)13-22-17(4)18-8-6-5-7-9-18/h5-9,15-17,19-23H,10-14H2,1-4H3/t16-,17+,19+,20-,21-/m1/s1. The van der Waals surface area contributed by atoms with Crippen LogP contribution in [0.4, 0.5) is 0 Å². The van der Waals surface area contributed by atoms with Crippen molar-refractivity contribution in [2.45, 2.75) is 65.2 Å². The third-order valence-corrected chi connectivity index (χ3v) is 5.42. The van der Waals surface area contributed by atoms with E-state index in [0.717, 1.165) is 12.3 Å². The second-order valence-corrected chi connectivity index (χ2v) is 7.89. The van der Waals surface area contributed by atoms with Crippen LogP contribution in [-0.2, 0) is 4.74 Å². The predicted octanol–water partition coefficient (Wildman–Crippen LogP) is 4.18.